The first-order valence-electron chi connectivity index (χ1n) is 10.4. The third-order valence-electron chi connectivity index (χ3n) is 5.94. The third kappa shape index (κ3) is 5.93. The fraction of sp³-hybridized carbons (Fsp3) is 0.440. The molecule has 0 N–H and O–H groups in total. The molecule has 2 aromatic rings. The van der Waals surface area contributed by atoms with Crippen LogP contribution in [0.1, 0.15) is 67.7 Å². The molecule has 2 rings (SSSR count). The molecule has 0 aromatic heterocycles. The van der Waals surface area contributed by atoms with Crippen LogP contribution in [-0.2, 0) is 9.47 Å². The normalized spacial score (nSPS) is 13.4. The van der Waals surface area contributed by atoms with Crippen molar-refractivity contribution in [2.24, 2.45) is 11.3 Å². The molecule has 0 aliphatic heterocycles. The average Bonchev–Trinajstić information content (AvgIpc) is 2.78. The summed E-state index contributed by atoms with van der Waals surface area (Å²) in [5.41, 5.74) is 0.849. The molecule has 156 valence electrons. The second-order valence-corrected chi connectivity index (χ2v) is 7.69. The van der Waals surface area contributed by atoms with Gasteiger partial charge in [-0.05, 0) is 43.5 Å². The van der Waals surface area contributed by atoms with Crippen LogP contribution >= 0.6 is 0 Å². The Morgan fingerprint density at radius 3 is 1.76 bits per heavy atom. The van der Waals surface area contributed by atoms with Crippen LogP contribution in [0, 0.1) is 11.3 Å². The van der Waals surface area contributed by atoms with Gasteiger partial charge in [-0.1, -0.05) is 64.1 Å². The number of rotatable bonds is 10. The molecule has 2 unspecified atom stereocenters. The molecular weight excluding hydrogens is 364 g/mol. The van der Waals surface area contributed by atoms with Crippen molar-refractivity contribution < 1.29 is 19.1 Å². The van der Waals surface area contributed by atoms with Crippen LogP contribution in [-0.4, -0.2) is 24.6 Å². The second-order valence-electron chi connectivity index (χ2n) is 7.69. The van der Waals surface area contributed by atoms with Crippen LogP contribution in [0.15, 0.2) is 60.7 Å². The minimum atomic E-state index is -0.355. The van der Waals surface area contributed by atoms with Crippen molar-refractivity contribution >= 4 is 11.9 Å². The molecule has 0 aliphatic rings. The van der Waals surface area contributed by atoms with Gasteiger partial charge in [0.1, 0.15) is 6.10 Å². The summed E-state index contributed by atoms with van der Waals surface area (Å²) in [6.45, 7) is 8.60. The van der Waals surface area contributed by atoms with E-state index in [1.807, 2.05) is 43.3 Å². The predicted molar refractivity (Wildman–Crippen MR) is 115 cm³/mol. The summed E-state index contributed by atoms with van der Waals surface area (Å²) in [4.78, 5) is 25.2. The number of ether oxygens (including phenoxy) is 2. The minimum absolute atomic E-state index is 0.0831. The fourth-order valence-electron chi connectivity index (χ4n) is 3.48. The monoisotopic (exact) mass is 396 g/mol. The Balaban J connectivity index is 2.18. The molecule has 0 spiro atoms. The molecule has 0 fully saturated rings. The van der Waals surface area contributed by atoms with Gasteiger partial charge in [0, 0.05) is 11.3 Å². The van der Waals surface area contributed by atoms with Gasteiger partial charge in [-0.3, -0.25) is 0 Å². The van der Waals surface area contributed by atoms with Gasteiger partial charge in [0.05, 0.1) is 17.7 Å². The summed E-state index contributed by atoms with van der Waals surface area (Å²) in [7, 11) is 0. The van der Waals surface area contributed by atoms with Crippen molar-refractivity contribution in [3.63, 3.8) is 0 Å². The van der Waals surface area contributed by atoms with Gasteiger partial charge in [0.15, 0.2) is 0 Å². The number of hydrogen-bond donors (Lipinski definition) is 0. The van der Waals surface area contributed by atoms with Crippen molar-refractivity contribution in [3.05, 3.63) is 71.8 Å². The van der Waals surface area contributed by atoms with Gasteiger partial charge in [-0.15, -0.1) is 0 Å². The molecule has 0 bridgehead atoms. The summed E-state index contributed by atoms with van der Waals surface area (Å²) < 4.78 is 11.6. The summed E-state index contributed by atoms with van der Waals surface area (Å²) in [5, 5.41) is 0. The Morgan fingerprint density at radius 1 is 0.828 bits per heavy atom. The summed E-state index contributed by atoms with van der Waals surface area (Å²) in [6, 6.07) is 18.0. The molecule has 4 nitrogen and oxygen atoms in total. The van der Waals surface area contributed by atoms with Crippen molar-refractivity contribution in [2.75, 3.05) is 6.61 Å². The SMILES string of the molecule is CCC(COC(=O)c1ccccc1)C(OC(=O)c1ccccc1)C(C)(CC)CC. The van der Waals surface area contributed by atoms with Crippen LogP contribution in [0.4, 0.5) is 0 Å². The number of hydrogen-bond acceptors (Lipinski definition) is 4. The minimum Gasteiger partial charge on any atom is -0.462 e. The van der Waals surface area contributed by atoms with Crippen molar-refractivity contribution in [1.82, 2.24) is 0 Å². The lowest BCUT2D eigenvalue weighted by Crippen LogP contribution is -2.43. The van der Waals surface area contributed by atoms with Crippen molar-refractivity contribution in [2.45, 2.75) is 53.1 Å². The van der Waals surface area contributed by atoms with Gasteiger partial charge in [-0.2, -0.15) is 0 Å². The molecule has 2 aromatic carbocycles. The van der Waals surface area contributed by atoms with E-state index < -0.39 is 0 Å². The molecule has 29 heavy (non-hydrogen) atoms. The lowest BCUT2D eigenvalue weighted by atomic mass is 9.73. The van der Waals surface area contributed by atoms with Crippen LogP contribution in [0.25, 0.3) is 0 Å². The highest BCUT2D eigenvalue weighted by molar-refractivity contribution is 5.90. The first-order valence-corrected chi connectivity index (χ1v) is 10.4. The van der Waals surface area contributed by atoms with E-state index in [1.165, 1.54) is 0 Å². The highest BCUT2D eigenvalue weighted by Gasteiger charge is 2.40. The van der Waals surface area contributed by atoms with Gasteiger partial charge in [0.2, 0.25) is 0 Å². The molecule has 0 amide bonds. The zero-order valence-electron chi connectivity index (χ0n) is 17.9. The van der Waals surface area contributed by atoms with Crippen LogP contribution in [0.3, 0.4) is 0 Å². The van der Waals surface area contributed by atoms with Crippen LogP contribution in [0.2, 0.25) is 0 Å². The molecule has 0 saturated heterocycles. The van der Waals surface area contributed by atoms with E-state index in [4.69, 9.17) is 9.47 Å². The molecule has 0 heterocycles. The molecule has 2 atom stereocenters. The highest BCUT2D eigenvalue weighted by Crippen LogP contribution is 2.38. The zero-order valence-corrected chi connectivity index (χ0v) is 17.9. The predicted octanol–water partition coefficient (Wildman–Crippen LogP) is 5.92. The third-order valence-corrected chi connectivity index (χ3v) is 5.94. The van der Waals surface area contributed by atoms with Crippen LogP contribution in [0.5, 0.6) is 0 Å². The Hall–Kier alpha value is -2.62. The Kier molecular flexibility index (Phi) is 8.44. The molecule has 0 radical (unpaired) electrons. The van der Waals surface area contributed by atoms with Crippen molar-refractivity contribution in [1.29, 1.82) is 0 Å². The molecule has 0 aliphatic carbocycles. The van der Waals surface area contributed by atoms with E-state index in [-0.39, 0.29) is 36.0 Å². The van der Waals surface area contributed by atoms with E-state index in [9.17, 15) is 9.59 Å². The molecule has 4 heteroatoms. The van der Waals surface area contributed by atoms with Gasteiger partial charge in [0.25, 0.3) is 0 Å². The van der Waals surface area contributed by atoms with Gasteiger partial charge in [-0.25, -0.2) is 9.59 Å². The number of carbonyl (C=O) groups is 2. The standard InChI is InChI=1S/C25H32O4/c1-5-19(18-28-23(26)20-14-10-8-11-15-20)22(25(4,6-2)7-3)29-24(27)21-16-12-9-13-17-21/h8-17,19,22H,5-7,18H2,1-4H3. The van der Waals surface area contributed by atoms with E-state index in [0.29, 0.717) is 11.1 Å². The molecular formula is C25H32O4. The number of benzene rings is 2. The first-order chi connectivity index (χ1) is 13.9. The highest BCUT2D eigenvalue weighted by atomic mass is 16.6. The summed E-state index contributed by atoms with van der Waals surface area (Å²) >= 11 is 0. The number of esters is 2. The summed E-state index contributed by atoms with van der Waals surface area (Å²) in [5.74, 6) is -0.774. The van der Waals surface area contributed by atoms with Crippen molar-refractivity contribution in [3.8, 4) is 0 Å². The lowest BCUT2D eigenvalue weighted by molar-refractivity contribution is -0.0596. The first kappa shape index (κ1) is 22.7. The maximum atomic E-state index is 12.8. The quantitative estimate of drug-likeness (QED) is 0.468. The van der Waals surface area contributed by atoms with Gasteiger partial charge >= 0.3 is 11.9 Å². The summed E-state index contributed by atoms with van der Waals surface area (Å²) in [6.07, 6.45) is 2.11. The van der Waals surface area contributed by atoms with E-state index >= 15 is 0 Å². The second kappa shape index (κ2) is 10.8. The largest absolute Gasteiger partial charge is 0.462 e. The fourth-order valence-corrected chi connectivity index (χ4v) is 3.48. The van der Waals surface area contributed by atoms with Crippen LogP contribution < -0.4 is 0 Å². The lowest BCUT2D eigenvalue weighted by Gasteiger charge is -2.40. The Labute approximate surface area is 174 Å². The maximum Gasteiger partial charge on any atom is 0.338 e. The van der Waals surface area contributed by atoms with E-state index in [2.05, 4.69) is 20.8 Å². The Bertz CT molecular complexity index is 766. The molecule has 0 saturated carbocycles. The van der Waals surface area contributed by atoms with E-state index in [1.54, 1.807) is 24.3 Å². The number of carbonyl (C=O) groups excluding carboxylic acids is 2. The Morgan fingerprint density at radius 2 is 1.31 bits per heavy atom. The van der Waals surface area contributed by atoms with Gasteiger partial charge < -0.3 is 9.47 Å². The van der Waals surface area contributed by atoms with E-state index in [0.717, 1.165) is 19.3 Å². The zero-order chi connectivity index (χ0) is 21.3. The topological polar surface area (TPSA) is 52.6 Å². The average molecular weight is 397 g/mol. The maximum absolute atomic E-state index is 12.8. The smallest absolute Gasteiger partial charge is 0.338 e.